The summed E-state index contributed by atoms with van der Waals surface area (Å²) in [6.07, 6.45) is 6.72. The smallest absolute Gasteiger partial charge is 0.280 e. The van der Waals surface area contributed by atoms with Gasteiger partial charge in [0.25, 0.3) is 0 Å². The first-order valence-electron chi connectivity index (χ1n) is 7.91. The summed E-state index contributed by atoms with van der Waals surface area (Å²) in [6, 6.07) is 7.67. The zero-order chi connectivity index (χ0) is 16.0. The van der Waals surface area contributed by atoms with Crippen molar-refractivity contribution in [1.29, 1.82) is 0 Å². The minimum atomic E-state index is -0.277. The van der Waals surface area contributed by atoms with Crippen LogP contribution >= 0.6 is 0 Å². The van der Waals surface area contributed by atoms with Crippen molar-refractivity contribution in [1.82, 2.24) is 18.7 Å². The number of hydrogen-bond acceptors (Lipinski definition) is 3. The Balaban J connectivity index is 1.83. The highest BCUT2D eigenvalue weighted by atomic mass is 16.2. The van der Waals surface area contributed by atoms with Crippen molar-refractivity contribution in [3.8, 4) is 5.69 Å². The first kappa shape index (κ1) is 14.0. The van der Waals surface area contributed by atoms with Gasteiger partial charge in [-0.25, -0.2) is 13.9 Å². The number of benzene rings is 1. The van der Waals surface area contributed by atoms with E-state index in [-0.39, 0.29) is 16.9 Å². The highest BCUT2D eigenvalue weighted by molar-refractivity contribution is 5.40. The van der Waals surface area contributed by atoms with Gasteiger partial charge in [-0.15, -0.1) is 5.10 Å². The summed E-state index contributed by atoms with van der Waals surface area (Å²) in [5.41, 5.74) is 1.56. The Labute approximate surface area is 132 Å². The minimum absolute atomic E-state index is 0.178. The molecular weight excluding hydrogens is 292 g/mol. The van der Waals surface area contributed by atoms with Gasteiger partial charge in [0.05, 0.1) is 0 Å². The third kappa shape index (κ3) is 2.30. The van der Waals surface area contributed by atoms with Gasteiger partial charge in [0, 0.05) is 24.6 Å². The van der Waals surface area contributed by atoms with Gasteiger partial charge in [-0.3, -0.25) is 9.36 Å². The van der Waals surface area contributed by atoms with Crippen molar-refractivity contribution in [3.05, 3.63) is 63.1 Å². The van der Waals surface area contributed by atoms with Crippen molar-refractivity contribution < 1.29 is 0 Å². The molecule has 0 amide bonds. The first-order chi connectivity index (χ1) is 11.1. The maximum Gasteiger partial charge on any atom is 0.350 e. The van der Waals surface area contributed by atoms with Crippen molar-refractivity contribution in [2.24, 2.45) is 5.92 Å². The fourth-order valence-corrected chi connectivity index (χ4v) is 2.96. The van der Waals surface area contributed by atoms with Crippen LogP contribution in [0.4, 0.5) is 0 Å². The summed E-state index contributed by atoms with van der Waals surface area (Å²) < 4.78 is 4.29. The molecule has 2 aromatic heterocycles. The monoisotopic (exact) mass is 310 g/mol. The minimum Gasteiger partial charge on any atom is -0.280 e. The molecule has 0 aliphatic heterocycles. The van der Waals surface area contributed by atoms with Crippen LogP contribution in [-0.4, -0.2) is 18.7 Å². The summed E-state index contributed by atoms with van der Waals surface area (Å²) in [5, 5.41) is 4.27. The van der Waals surface area contributed by atoms with Crippen LogP contribution < -0.4 is 11.2 Å². The standard InChI is InChI=1S/C17H18N4O2/c1-12-5-7-14(8-6-12)19-9-10-20-15(16(19)22)18-21(17(20)23)11-13-3-2-4-13/h5-10,13H,2-4,11H2,1H3. The Morgan fingerprint density at radius 1 is 1.13 bits per heavy atom. The fraction of sp³-hybridized carbons (Fsp3) is 0.353. The second-order valence-electron chi connectivity index (χ2n) is 6.26. The van der Waals surface area contributed by atoms with E-state index in [1.54, 1.807) is 12.4 Å². The molecule has 118 valence electrons. The number of aromatic nitrogens is 4. The molecule has 0 bridgehead atoms. The molecule has 1 fully saturated rings. The van der Waals surface area contributed by atoms with Crippen molar-refractivity contribution in [2.45, 2.75) is 32.7 Å². The Morgan fingerprint density at radius 2 is 1.87 bits per heavy atom. The van der Waals surface area contributed by atoms with Gasteiger partial charge in [-0.05, 0) is 37.8 Å². The van der Waals surface area contributed by atoms with E-state index < -0.39 is 0 Å². The van der Waals surface area contributed by atoms with E-state index in [0.717, 1.165) is 24.1 Å². The molecule has 6 heteroatoms. The zero-order valence-electron chi connectivity index (χ0n) is 13.0. The molecule has 3 aromatic rings. The number of nitrogens with zero attached hydrogens (tertiary/aromatic N) is 4. The molecule has 0 spiro atoms. The summed E-state index contributed by atoms with van der Waals surface area (Å²) in [5.74, 6) is 0.511. The molecule has 1 saturated carbocycles. The second-order valence-corrected chi connectivity index (χ2v) is 6.26. The highest BCUT2D eigenvalue weighted by Crippen LogP contribution is 2.27. The molecule has 23 heavy (non-hydrogen) atoms. The van der Waals surface area contributed by atoms with Gasteiger partial charge in [0.1, 0.15) is 0 Å². The van der Waals surface area contributed by atoms with E-state index in [9.17, 15) is 9.59 Å². The van der Waals surface area contributed by atoms with Gasteiger partial charge in [-0.1, -0.05) is 24.1 Å². The van der Waals surface area contributed by atoms with Gasteiger partial charge < -0.3 is 0 Å². The van der Waals surface area contributed by atoms with E-state index >= 15 is 0 Å². The van der Waals surface area contributed by atoms with E-state index in [1.807, 2.05) is 31.2 Å². The second kappa shape index (κ2) is 5.22. The normalized spacial score (nSPS) is 15.0. The zero-order valence-corrected chi connectivity index (χ0v) is 13.0. The van der Waals surface area contributed by atoms with Crippen molar-refractivity contribution >= 4 is 5.65 Å². The molecule has 0 N–H and O–H groups in total. The van der Waals surface area contributed by atoms with Crippen LogP contribution in [0.25, 0.3) is 11.3 Å². The molecule has 6 nitrogen and oxygen atoms in total. The summed E-state index contributed by atoms with van der Waals surface area (Å²) in [7, 11) is 0. The Bertz CT molecular complexity index is 974. The number of fused-ring (bicyclic) bond motifs is 1. The van der Waals surface area contributed by atoms with E-state index in [4.69, 9.17) is 0 Å². The van der Waals surface area contributed by atoms with E-state index in [0.29, 0.717) is 12.5 Å². The van der Waals surface area contributed by atoms with E-state index in [2.05, 4.69) is 5.10 Å². The molecule has 0 unspecified atom stereocenters. The van der Waals surface area contributed by atoms with Crippen LogP contribution in [0.3, 0.4) is 0 Å². The predicted molar refractivity (Wildman–Crippen MR) is 87.1 cm³/mol. The molecule has 1 aliphatic rings. The first-order valence-corrected chi connectivity index (χ1v) is 7.91. The average molecular weight is 310 g/mol. The number of aryl methyl sites for hydroxylation is 1. The molecule has 0 saturated heterocycles. The van der Waals surface area contributed by atoms with Crippen LogP contribution in [-0.2, 0) is 6.54 Å². The van der Waals surface area contributed by atoms with Gasteiger partial charge in [-0.2, -0.15) is 0 Å². The predicted octanol–water partition coefficient (Wildman–Crippen LogP) is 1.76. The van der Waals surface area contributed by atoms with Gasteiger partial charge in [0.15, 0.2) is 0 Å². The van der Waals surface area contributed by atoms with Crippen LogP contribution in [0, 0.1) is 12.8 Å². The molecule has 4 rings (SSSR count). The third-order valence-corrected chi connectivity index (χ3v) is 4.61. The van der Waals surface area contributed by atoms with E-state index in [1.165, 1.54) is 20.1 Å². The lowest BCUT2D eigenvalue weighted by Gasteiger charge is -2.24. The lowest BCUT2D eigenvalue weighted by molar-refractivity contribution is 0.263. The molecule has 0 atom stereocenters. The maximum atomic E-state index is 12.7. The lowest BCUT2D eigenvalue weighted by Crippen LogP contribution is -2.28. The topological polar surface area (TPSA) is 61.3 Å². The quantitative estimate of drug-likeness (QED) is 0.740. The Hall–Kier alpha value is -2.63. The molecule has 0 radical (unpaired) electrons. The SMILES string of the molecule is Cc1ccc(-n2ccn3c(=O)n(CC4CCC4)nc3c2=O)cc1. The molecule has 1 aromatic carbocycles. The van der Waals surface area contributed by atoms with Crippen LogP contribution in [0.1, 0.15) is 24.8 Å². The third-order valence-electron chi connectivity index (χ3n) is 4.61. The summed E-state index contributed by atoms with van der Waals surface area (Å²) in [4.78, 5) is 25.0. The van der Waals surface area contributed by atoms with Gasteiger partial charge in [0.2, 0.25) is 5.65 Å². The number of hydrogen-bond donors (Lipinski definition) is 0. The molecule has 2 heterocycles. The van der Waals surface area contributed by atoms with Crippen LogP contribution in [0.2, 0.25) is 0 Å². The molecule has 1 aliphatic carbocycles. The highest BCUT2D eigenvalue weighted by Gasteiger charge is 2.21. The largest absolute Gasteiger partial charge is 0.350 e. The van der Waals surface area contributed by atoms with Crippen LogP contribution in [0.5, 0.6) is 0 Å². The Kier molecular flexibility index (Phi) is 3.18. The van der Waals surface area contributed by atoms with Crippen LogP contribution in [0.15, 0.2) is 46.2 Å². The fourth-order valence-electron chi connectivity index (χ4n) is 2.96. The number of rotatable bonds is 3. The van der Waals surface area contributed by atoms with Crippen molar-refractivity contribution in [2.75, 3.05) is 0 Å². The maximum absolute atomic E-state index is 12.7. The van der Waals surface area contributed by atoms with Crippen molar-refractivity contribution in [3.63, 3.8) is 0 Å². The molecular formula is C17H18N4O2. The van der Waals surface area contributed by atoms with Gasteiger partial charge >= 0.3 is 11.2 Å². The summed E-state index contributed by atoms with van der Waals surface area (Å²) >= 11 is 0. The lowest BCUT2D eigenvalue weighted by atomic mass is 9.86. The summed E-state index contributed by atoms with van der Waals surface area (Å²) in [6.45, 7) is 2.60. The average Bonchev–Trinajstić information content (AvgIpc) is 2.82. The Morgan fingerprint density at radius 3 is 2.52 bits per heavy atom.